The van der Waals surface area contributed by atoms with Gasteiger partial charge < -0.3 is 24.6 Å². The maximum Gasteiger partial charge on any atom is 0.174 e. The minimum Gasteiger partial charge on any atom is -0.497 e. The first-order valence-corrected chi connectivity index (χ1v) is 14.6. The summed E-state index contributed by atoms with van der Waals surface area (Å²) in [5.74, 6) is 2.23. The number of ether oxygens (including phenoxy) is 2. The molecule has 42 heavy (non-hydrogen) atoms. The minimum atomic E-state index is -0.230. The van der Waals surface area contributed by atoms with E-state index in [4.69, 9.17) is 38.3 Å². The molecule has 0 radical (unpaired) electrons. The van der Waals surface area contributed by atoms with Gasteiger partial charge in [0.2, 0.25) is 0 Å². The molecule has 4 aromatic rings. The highest BCUT2D eigenvalue weighted by molar-refractivity contribution is 7.80. The van der Waals surface area contributed by atoms with Crippen LogP contribution < -0.4 is 24.6 Å². The third-order valence-corrected chi connectivity index (χ3v) is 8.80. The fourth-order valence-corrected chi connectivity index (χ4v) is 6.43. The van der Waals surface area contributed by atoms with Crippen molar-refractivity contribution >= 4 is 45.9 Å². The van der Waals surface area contributed by atoms with Crippen LogP contribution in [-0.2, 0) is 0 Å². The van der Waals surface area contributed by atoms with Crippen LogP contribution in [0.2, 0.25) is 5.02 Å². The number of nitrogens with one attached hydrogen (secondary N) is 1. The lowest BCUT2D eigenvalue weighted by molar-refractivity contribution is 0.413. The highest BCUT2D eigenvalue weighted by Crippen LogP contribution is 2.48. The van der Waals surface area contributed by atoms with E-state index in [0.29, 0.717) is 10.1 Å². The van der Waals surface area contributed by atoms with Gasteiger partial charge >= 0.3 is 0 Å². The van der Waals surface area contributed by atoms with Gasteiger partial charge in [-0.1, -0.05) is 23.7 Å². The Morgan fingerprint density at radius 3 is 2.26 bits per heavy atom. The Morgan fingerprint density at radius 1 is 0.952 bits per heavy atom. The van der Waals surface area contributed by atoms with Gasteiger partial charge in [-0.15, -0.1) is 0 Å². The summed E-state index contributed by atoms with van der Waals surface area (Å²) in [5.41, 5.74) is 6.19. The molecule has 0 aliphatic carbocycles. The summed E-state index contributed by atoms with van der Waals surface area (Å²) in [5, 5.41) is 4.84. The third kappa shape index (κ3) is 5.08. The van der Waals surface area contributed by atoms with Crippen molar-refractivity contribution in [3.05, 3.63) is 113 Å². The van der Waals surface area contributed by atoms with E-state index in [-0.39, 0.29) is 17.6 Å². The average Bonchev–Trinajstić information content (AvgIpc) is 3.33. The fourth-order valence-electron chi connectivity index (χ4n) is 5.82. The molecule has 2 aliphatic heterocycles. The first kappa shape index (κ1) is 28.1. The zero-order valence-corrected chi connectivity index (χ0v) is 25.8. The van der Waals surface area contributed by atoms with Crippen molar-refractivity contribution in [2.45, 2.75) is 38.4 Å². The number of rotatable bonds is 6. The number of benzene rings is 3. The largest absolute Gasteiger partial charge is 0.497 e. The Kier molecular flexibility index (Phi) is 7.33. The first-order valence-electron chi connectivity index (χ1n) is 13.9. The van der Waals surface area contributed by atoms with Gasteiger partial charge in [-0.05, 0) is 117 Å². The summed E-state index contributed by atoms with van der Waals surface area (Å²) in [4.78, 5) is 9.10. The number of nitrogens with zero attached hydrogens (tertiary/aromatic N) is 3. The first-order chi connectivity index (χ1) is 20.2. The molecule has 214 valence electrons. The monoisotopic (exact) mass is 596 g/mol. The lowest BCUT2D eigenvalue weighted by atomic mass is 9.86. The van der Waals surface area contributed by atoms with Crippen molar-refractivity contribution in [2.24, 2.45) is 0 Å². The molecule has 1 aromatic heterocycles. The highest BCUT2D eigenvalue weighted by Gasteiger charge is 2.42. The molecule has 1 N–H and O–H groups in total. The predicted octanol–water partition coefficient (Wildman–Crippen LogP) is 8.34. The van der Waals surface area contributed by atoms with Crippen molar-refractivity contribution in [1.29, 1.82) is 0 Å². The summed E-state index contributed by atoms with van der Waals surface area (Å²) in [6.07, 6.45) is 4.11. The molecule has 8 heteroatoms. The molecule has 0 amide bonds. The maximum absolute atomic E-state index is 7.14. The second-order valence-electron chi connectivity index (χ2n) is 11.2. The summed E-state index contributed by atoms with van der Waals surface area (Å²) < 4.78 is 11.3. The van der Waals surface area contributed by atoms with Gasteiger partial charge in [0.05, 0.1) is 30.4 Å². The maximum atomic E-state index is 7.14. The van der Waals surface area contributed by atoms with E-state index in [1.54, 1.807) is 7.11 Å². The minimum absolute atomic E-state index is 0.115. The molecular weight excluding hydrogens is 564 g/mol. The zero-order valence-electron chi connectivity index (χ0n) is 24.3. The van der Waals surface area contributed by atoms with Gasteiger partial charge in [0.15, 0.2) is 5.11 Å². The van der Waals surface area contributed by atoms with Crippen LogP contribution in [0, 0.1) is 0 Å². The van der Waals surface area contributed by atoms with E-state index in [0.717, 1.165) is 45.4 Å². The number of allylic oxidation sites excluding steroid dienone is 1. The van der Waals surface area contributed by atoms with Gasteiger partial charge in [0.25, 0.3) is 0 Å². The molecule has 1 saturated heterocycles. The number of pyridine rings is 1. The van der Waals surface area contributed by atoms with Crippen LogP contribution in [0.4, 0.5) is 11.4 Å². The molecule has 1 fully saturated rings. The highest BCUT2D eigenvalue weighted by atomic mass is 35.5. The molecule has 3 heterocycles. The van der Waals surface area contributed by atoms with Crippen molar-refractivity contribution in [2.75, 3.05) is 24.0 Å². The molecule has 0 saturated carbocycles. The number of hydrogen-bond acceptors (Lipinski definition) is 5. The van der Waals surface area contributed by atoms with Crippen LogP contribution in [0.5, 0.6) is 17.2 Å². The van der Waals surface area contributed by atoms with Gasteiger partial charge in [-0.3, -0.25) is 4.98 Å². The SMILES string of the molecule is COc1ccc(Oc2ccc(N3C(=S)N[C@@H](c4ccccn4)[C@H]3c3cc4c(cc3Cl)N(C)C(C)(C)C=C4C)cc2)cc1. The zero-order chi connectivity index (χ0) is 29.6. The Morgan fingerprint density at radius 2 is 1.62 bits per heavy atom. The Hall–Kier alpha value is -4.07. The van der Waals surface area contributed by atoms with Crippen molar-refractivity contribution < 1.29 is 9.47 Å². The topological polar surface area (TPSA) is 49.9 Å². The molecule has 0 bridgehead atoms. The number of anilines is 2. The molecule has 2 aliphatic rings. The molecule has 0 spiro atoms. The van der Waals surface area contributed by atoms with Crippen LogP contribution in [0.1, 0.15) is 49.7 Å². The van der Waals surface area contributed by atoms with E-state index in [9.17, 15) is 0 Å². The average molecular weight is 597 g/mol. The summed E-state index contributed by atoms with van der Waals surface area (Å²) in [6.45, 7) is 6.58. The second-order valence-corrected chi connectivity index (χ2v) is 12.0. The van der Waals surface area contributed by atoms with Crippen LogP contribution in [-0.4, -0.2) is 29.8 Å². The summed E-state index contributed by atoms with van der Waals surface area (Å²) in [6, 6.07) is 25.3. The fraction of sp³-hybridized carbons (Fsp3) is 0.235. The van der Waals surface area contributed by atoms with Crippen molar-refractivity contribution in [3.8, 4) is 17.2 Å². The smallest absolute Gasteiger partial charge is 0.174 e. The van der Waals surface area contributed by atoms with Crippen LogP contribution in [0.15, 0.2) is 91.1 Å². The van der Waals surface area contributed by atoms with Gasteiger partial charge in [-0.2, -0.15) is 0 Å². The number of likely N-dealkylation sites (N-methyl/N-ethyl adjacent to an activating group) is 1. The standard InChI is InChI=1S/C34H33ClN4O2S/c1-21-20-34(2,3)38(4)30-19-28(35)27(18-26(21)30)32-31(29-8-6-7-17-36-29)37-33(42)39(32)22-9-11-24(12-10-22)41-25-15-13-23(40-5)14-16-25/h6-20,31-32H,1-5H3,(H,37,42)/t31-,32+/m0/s1. The van der Waals surface area contributed by atoms with E-state index in [1.165, 1.54) is 5.57 Å². The van der Waals surface area contributed by atoms with Crippen LogP contribution in [0.3, 0.4) is 0 Å². The second kappa shape index (κ2) is 11.0. The van der Waals surface area contributed by atoms with E-state index in [1.807, 2.05) is 72.9 Å². The molecular formula is C34H33ClN4O2S. The molecule has 6 nitrogen and oxygen atoms in total. The normalized spacial score (nSPS) is 19.2. The number of halogens is 1. The van der Waals surface area contributed by atoms with Gasteiger partial charge in [-0.25, -0.2) is 0 Å². The number of thiocarbonyl (C=S) groups is 1. The molecule has 3 aromatic carbocycles. The van der Waals surface area contributed by atoms with E-state index < -0.39 is 0 Å². The number of fused-ring (bicyclic) bond motifs is 1. The number of methoxy groups -OCH3 is 1. The van der Waals surface area contributed by atoms with E-state index >= 15 is 0 Å². The quantitative estimate of drug-likeness (QED) is 0.224. The van der Waals surface area contributed by atoms with Crippen LogP contribution >= 0.6 is 23.8 Å². The summed E-state index contributed by atoms with van der Waals surface area (Å²) in [7, 11) is 3.76. The lowest BCUT2D eigenvalue weighted by Crippen LogP contribution is -2.42. The van der Waals surface area contributed by atoms with E-state index in [2.05, 4.69) is 61.1 Å². The number of hydrogen-bond donors (Lipinski definition) is 1. The summed E-state index contributed by atoms with van der Waals surface area (Å²) >= 11 is 13.1. The van der Waals surface area contributed by atoms with Gasteiger partial charge in [0, 0.05) is 35.2 Å². The Balaban J connectivity index is 1.40. The number of aromatic nitrogens is 1. The molecule has 2 atom stereocenters. The van der Waals surface area contributed by atoms with Gasteiger partial charge in [0.1, 0.15) is 17.2 Å². The molecule has 6 rings (SSSR count). The lowest BCUT2D eigenvalue weighted by Gasteiger charge is -2.41. The Bertz CT molecular complexity index is 1660. The predicted molar refractivity (Wildman–Crippen MR) is 175 cm³/mol. The van der Waals surface area contributed by atoms with Crippen molar-refractivity contribution in [1.82, 2.24) is 10.3 Å². The third-order valence-electron chi connectivity index (χ3n) is 8.16. The Labute approximate surface area is 257 Å². The van der Waals surface area contributed by atoms with Crippen molar-refractivity contribution in [3.63, 3.8) is 0 Å². The van der Waals surface area contributed by atoms with Crippen LogP contribution in [0.25, 0.3) is 5.57 Å². The molecule has 0 unspecified atom stereocenters.